The number of alkyl halides is 3. The van der Waals surface area contributed by atoms with Crippen LogP contribution in [0.3, 0.4) is 0 Å². The topological polar surface area (TPSA) is 92.8 Å². The lowest BCUT2D eigenvalue weighted by Gasteiger charge is -2.24. The zero-order chi connectivity index (χ0) is 27.7. The van der Waals surface area contributed by atoms with Gasteiger partial charge in [-0.25, -0.2) is 4.79 Å². The van der Waals surface area contributed by atoms with Crippen molar-refractivity contribution in [2.45, 2.75) is 38.4 Å². The molecule has 0 radical (unpaired) electrons. The normalized spacial score (nSPS) is 14.0. The number of benzene rings is 2. The summed E-state index contributed by atoms with van der Waals surface area (Å²) >= 11 is 24.3. The summed E-state index contributed by atoms with van der Waals surface area (Å²) in [5, 5.41) is 1.09. The highest BCUT2D eigenvalue weighted by Crippen LogP contribution is 2.45. The third kappa shape index (κ3) is 5.98. The number of nitrogens with zero attached hydrogens (tertiary/aromatic N) is 1. The number of rotatable bonds is 8. The quantitative estimate of drug-likeness (QED) is 0.159. The fourth-order valence-electron chi connectivity index (χ4n) is 3.60. The molecule has 1 heterocycles. The van der Waals surface area contributed by atoms with Crippen LogP contribution in [0.2, 0.25) is 20.1 Å². The number of carbonyl (C=O) groups excluding carboxylic acids is 4. The Labute approximate surface area is 228 Å². The summed E-state index contributed by atoms with van der Waals surface area (Å²) in [5.41, 5.74) is -1.79. The number of hydrogen-bond acceptors (Lipinski definition) is 5. The minimum atomic E-state index is -4.62. The van der Waals surface area contributed by atoms with Crippen LogP contribution >= 0.6 is 46.4 Å². The molecule has 0 saturated heterocycles. The molecule has 0 spiro atoms. The number of imide groups is 1. The van der Waals surface area contributed by atoms with E-state index < -0.39 is 48.1 Å². The van der Waals surface area contributed by atoms with Crippen LogP contribution in [0, 0.1) is 0 Å². The largest absolute Gasteiger partial charge is 0.454 e. The summed E-state index contributed by atoms with van der Waals surface area (Å²) in [6.07, 6.45) is -3.65. The molecule has 37 heavy (non-hydrogen) atoms. The van der Waals surface area contributed by atoms with Crippen LogP contribution in [0.15, 0.2) is 24.3 Å². The predicted molar refractivity (Wildman–Crippen MR) is 131 cm³/mol. The molecule has 1 aliphatic heterocycles. The van der Waals surface area contributed by atoms with Gasteiger partial charge in [-0.05, 0) is 24.6 Å². The van der Waals surface area contributed by atoms with E-state index in [-0.39, 0.29) is 43.3 Å². The zero-order valence-electron chi connectivity index (χ0n) is 18.8. The Balaban J connectivity index is 1.78. The first-order valence-corrected chi connectivity index (χ1v) is 12.2. The van der Waals surface area contributed by atoms with Gasteiger partial charge in [0.25, 0.3) is 17.7 Å². The van der Waals surface area contributed by atoms with E-state index in [9.17, 15) is 32.3 Å². The maximum atomic E-state index is 13.1. The minimum Gasteiger partial charge on any atom is -0.454 e. The summed E-state index contributed by atoms with van der Waals surface area (Å²) in [7, 11) is 0. The third-order valence-corrected chi connectivity index (χ3v) is 7.17. The van der Waals surface area contributed by atoms with E-state index in [0.29, 0.717) is 23.8 Å². The summed E-state index contributed by atoms with van der Waals surface area (Å²) in [4.78, 5) is 52.0. The van der Waals surface area contributed by atoms with Gasteiger partial charge in [0.05, 0.1) is 36.8 Å². The number of nitrogens with one attached hydrogen (secondary N) is 1. The molecular formula is C23H17Cl4F3N2O5. The molecule has 0 fully saturated rings. The summed E-state index contributed by atoms with van der Waals surface area (Å²) < 4.78 is 43.7. The van der Waals surface area contributed by atoms with Crippen LogP contribution in [0.25, 0.3) is 0 Å². The molecule has 0 aliphatic carbocycles. The van der Waals surface area contributed by atoms with E-state index in [1.807, 2.05) is 0 Å². The second kappa shape index (κ2) is 11.5. The van der Waals surface area contributed by atoms with Crippen molar-refractivity contribution in [3.63, 3.8) is 0 Å². The maximum absolute atomic E-state index is 13.1. The first-order chi connectivity index (χ1) is 17.3. The molecule has 0 saturated carbocycles. The molecule has 198 valence electrons. The number of anilines is 1. The molecular weight excluding hydrogens is 583 g/mol. The molecule has 7 nitrogen and oxygen atoms in total. The van der Waals surface area contributed by atoms with Crippen LogP contribution in [-0.2, 0) is 20.5 Å². The molecule has 0 unspecified atom stereocenters. The standard InChI is InChI=1S/C23H17Cl4F3N2O5/c1-2-3-7-12(32-20(34)14-15(21(32)35)17(25)19(27)18(26)16(14)24)22(36)37-9-13(33)31-11-6-4-5-10(8-11)23(28,29)30/h4-6,8,12H,2-3,7,9H2,1H3,(H,31,33)/t12-/m0/s1. The molecule has 14 heteroatoms. The van der Waals surface area contributed by atoms with E-state index in [1.54, 1.807) is 6.92 Å². The molecule has 1 aliphatic rings. The van der Waals surface area contributed by atoms with Gasteiger partial charge in [-0.3, -0.25) is 19.3 Å². The van der Waals surface area contributed by atoms with Crippen molar-refractivity contribution < 1.29 is 37.1 Å². The van der Waals surface area contributed by atoms with Crippen molar-refractivity contribution in [3.8, 4) is 0 Å². The van der Waals surface area contributed by atoms with Crippen molar-refractivity contribution in [2.75, 3.05) is 11.9 Å². The van der Waals surface area contributed by atoms with Gasteiger partial charge in [0.2, 0.25) is 0 Å². The van der Waals surface area contributed by atoms with Gasteiger partial charge < -0.3 is 10.1 Å². The number of ether oxygens (including phenoxy) is 1. The van der Waals surface area contributed by atoms with Crippen LogP contribution in [0.5, 0.6) is 0 Å². The Kier molecular flexibility index (Phi) is 9.00. The summed E-state index contributed by atoms with van der Waals surface area (Å²) in [6.45, 7) is 0.917. The number of hydrogen-bond donors (Lipinski definition) is 1. The highest BCUT2D eigenvalue weighted by atomic mass is 35.5. The van der Waals surface area contributed by atoms with Crippen LogP contribution in [0.4, 0.5) is 18.9 Å². The molecule has 3 amide bonds. The lowest BCUT2D eigenvalue weighted by atomic mass is 10.1. The highest BCUT2D eigenvalue weighted by Gasteiger charge is 2.47. The lowest BCUT2D eigenvalue weighted by molar-refractivity contribution is -0.151. The van der Waals surface area contributed by atoms with Crippen molar-refractivity contribution in [1.82, 2.24) is 4.90 Å². The average molecular weight is 600 g/mol. The number of fused-ring (bicyclic) bond motifs is 1. The number of carbonyl (C=O) groups is 4. The second-order valence-electron chi connectivity index (χ2n) is 7.88. The van der Waals surface area contributed by atoms with Crippen LogP contribution in [0.1, 0.15) is 52.5 Å². The summed E-state index contributed by atoms with van der Waals surface area (Å²) in [6, 6.07) is 2.42. The van der Waals surface area contributed by atoms with Gasteiger partial charge in [-0.1, -0.05) is 72.2 Å². The SMILES string of the molecule is CCCC[C@@H](C(=O)OCC(=O)Nc1cccc(C(F)(F)F)c1)N1C(=O)c2c(Cl)c(Cl)c(Cl)c(Cl)c2C1=O. The maximum Gasteiger partial charge on any atom is 0.416 e. The Morgan fingerprint density at radius 3 is 2.08 bits per heavy atom. The van der Waals surface area contributed by atoms with Crippen molar-refractivity contribution in [2.24, 2.45) is 0 Å². The van der Waals surface area contributed by atoms with E-state index in [2.05, 4.69) is 5.32 Å². The highest BCUT2D eigenvalue weighted by molar-refractivity contribution is 6.55. The van der Waals surface area contributed by atoms with Gasteiger partial charge in [0.15, 0.2) is 6.61 Å². The Hall–Kier alpha value is -2.53. The fourth-order valence-corrected chi connectivity index (χ4v) is 4.62. The Bertz CT molecular complexity index is 1240. The molecule has 2 aromatic rings. The fraction of sp³-hybridized carbons (Fsp3) is 0.304. The molecule has 0 bridgehead atoms. The minimum absolute atomic E-state index is 0.00719. The predicted octanol–water partition coefficient (Wildman–Crippen LogP) is 6.66. The van der Waals surface area contributed by atoms with Gasteiger partial charge >= 0.3 is 12.1 Å². The van der Waals surface area contributed by atoms with Crippen molar-refractivity contribution in [3.05, 3.63) is 61.0 Å². The number of amides is 3. The number of unbranched alkanes of at least 4 members (excludes halogenated alkanes) is 1. The number of halogens is 7. The van der Waals surface area contributed by atoms with Crippen molar-refractivity contribution >= 4 is 75.8 Å². The molecule has 0 aromatic heterocycles. The first-order valence-electron chi connectivity index (χ1n) is 10.7. The van der Waals surface area contributed by atoms with Crippen LogP contribution in [-0.4, -0.2) is 41.2 Å². The Morgan fingerprint density at radius 1 is 1.00 bits per heavy atom. The number of esters is 1. The van der Waals surface area contributed by atoms with Gasteiger partial charge in [0.1, 0.15) is 6.04 Å². The van der Waals surface area contributed by atoms with E-state index in [1.165, 1.54) is 6.07 Å². The van der Waals surface area contributed by atoms with Gasteiger partial charge in [-0.2, -0.15) is 13.2 Å². The van der Waals surface area contributed by atoms with Crippen molar-refractivity contribution in [1.29, 1.82) is 0 Å². The average Bonchev–Trinajstić information content (AvgIpc) is 3.10. The third-order valence-electron chi connectivity index (χ3n) is 5.37. The van der Waals surface area contributed by atoms with E-state index in [4.69, 9.17) is 51.1 Å². The van der Waals surface area contributed by atoms with Crippen LogP contribution < -0.4 is 5.32 Å². The second-order valence-corrected chi connectivity index (χ2v) is 9.39. The Morgan fingerprint density at radius 2 is 1.57 bits per heavy atom. The molecule has 1 atom stereocenters. The molecule has 3 rings (SSSR count). The molecule has 2 aromatic carbocycles. The first kappa shape index (κ1) is 29.0. The van der Waals surface area contributed by atoms with Gasteiger partial charge in [-0.15, -0.1) is 0 Å². The molecule has 1 N–H and O–H groups in total. The van der Waals surface area contributed by atoms with Gasteiger partial charge in [0, 0.05) is 5.69 Å². The smallest absolute Gasteiger partial charge is 0.416 e. The monoisotopic (exact) mass is 598 g/mol. The summed E-state index contributed by atoms with van der Waals surface area (Å²) in [5.74, 6) is -3.92. The lowest BCUT2D eigenvalue weighted by Crippen LogP contribution is -2.46. The van der Waals surface area contributed by atoms with E-state index >= 15 is 0 Å². The van der Waals surface area contributed by atoms with E-state index in [0.717, 1.165) is 12.1 Å². The zero-order valence-corrected chi connectivity index (χ0v) is 21.9.